The summed E-state index contributed by atoms with van der Waals surface area (Å²) in [6, 6.07) is 10.4. The zero-order valence-corrected chi connectivity index (χ0v) is 13.6. The van der Waals surface area contributed by atoms with Crippen LogP contribution in [0.1, 0.15) is 33.6 Å². The van der Waals surface area contributed by atoms with Gasteiger partial charge in [0.15, 0.2) is 0 Å². The molecule has 0 radical (unpaired) electrons. The van der Waals surface area contributed by atoms with E-state index in [4.69, 9.17) is 11.6 Å². The summed E-state index contributed by atoms with van der Waals surface area (Å²) in [6.45, 7) is 1.51. The van der Waals surface area contributed by atoms with E-state index < -0.39 is 11.7 Å². The van der Waals surface area contributed by atoms with Crippen molar-refractivity contribution in [1.82, 2.24) is 4.90 Å². The molecule has 3 rings (SSSR count). The van der Waals surface area contributed by atoms with Crippen LogP contribution < -0.4 is 5.32 Å². The second-order valence-corrected chi connectivity index (χ2v) is 6.09. The molecule has 2 aromatic rings. The van der Waals surface area contributed by atoms with E-state index in [0.717, 1.165) is 32.0 Å². The minimum atomic E-state index is -0.652. The molecule has 0 atom stereocenters. The molecular weight excluding hydrogens is 331 g/mol. The molecule has 1 aliphatic rings. The molecule has 0 saturated carbocycles. The predicted octanol–water partition coefficient (Wildman–Crippen LogP) is 3.97. The van der Waals surface area contributed by atoms with E-state index in [1.54, 1.807) is 29.2 Å². The van der Waals surface area contributed by atoms with Gasteiger partial charge in [-0.25, -0.2) is 4.39 Å². The van der Waals surface area contributed by atoms with Gasteiger partial charge in [0.25, 0.3) is 11.8 Å². The number of amides is 2. The summed E-state index contributed by atoms with van der Waals surface area (Å²) >= 11 is 5.81. The predicted molar refractivity (Wildman–Crippen MR) is 90.9 cm³/mol. The second-order valence-electron chi connectivity index (χ2n) is 5.66. The Morgan fingerprint density at radius 2 is 1.83 bits per heavy atom. The van der Waals surface area contributed by atoms with Crippen LogP contribution in [0.5, 0.6) is 0 Å². The standard InChI is InChI=1S/C18H16ClFN2O2/c19-13-6-7-16(20)15(11-13)17(23)21-14-5-3-4-12(10-14)18(24)22-8-1-2-9-22/h3-7,10-11H,1-2,8-9H2,(H,21,23). The van der Waals surface area contributed by atoms with Crippen LogP contribution in [0.4, 0.5) is 10.1 Å². The van der Waals surface area contributed by atoms with Gasteiger partial charge in [-0.15, -0.1) is 0 Å². The van der Waals surface area contributed by atoms with Crippen molar-refractivity contribution in [2.75, 3.05) is 18.4 Å². The zero-order valence-electron chi connectivity index (χ0n) is 12.9. The average Bonchev–Trinajstić information content (AvgIpc) is 3.11. The summed E-state index contributed by atoms with van der Waals surface area (Å²) in [4.78, 5) is 26.4. The molecule has 0 bridgehead atoms. The minimum absolute atomic E-state index is 0.0578. The fourth-order valence-corrected chi connectivity index (χ4v) is 2.87. The first-order valence-corrected chi connectivity index (χ1v) is 8.08. The Labute approximate surface area is 144 Å². The fraction of sp³-hybridized carbons (Fsp3) is 0.222. The van der Waals surface area contributed by atoms with Crippen molar-refractivity contribution in [3.05, 3.63) is 64.4 Å². The fourth-order valence-electron chi connectivity index (χ4n) is 2.70. The molecule has 2 amide bonds. The highest BCUT2D eigenvalue weighted by atomic mass is 35.5. The Kier molecular flexibility index (Phi) is 4.81. The molecule has 124 valence electrons. The molecule has 4 nitrogen and oxygen atoms in total. The van der Waals surface area contributed by atoms with Crippen molar-refractivity contribution in [2.45, 2.75) is 12.8 Å². The Morgan fingerprint density at radius 1 is 1.08 bits per heavy atom. The summed E-state index contributed by atoms with van der Waals surface area (Å²) in [6.07, 6.45) is 2.02. The Balaban J connectivity index is 1.78. The zero-order chi connectivity index (χ0) is 17.1. The molecule has 1 fully saturated rings. The van der Waals surface area contributed by atoms with Gasteiger partial charge in [0.1, 0.15) is 5.82 Å². The number of carbonyl (C=O) groups is 2. The Morgan fingerprint density at radius 3 is 2.58 bits per heavy atom. The highest BCUT2D eigenvalue weighted by Crippen LogP contribution is 2.19. The summed E-state index contributed by atoms with van der Waals surface area (Å²) in [7, 11) is 0. The number of rotatable bonds is 3. The van der Waals surface area contributed by atoms with Crippen LogP contribution in [0.15, 0.2) is 42.5 Å². The molecule has 24 heavy (non-hydrogen) atoms. The third kappa shape index (κ3) is 3.57. The van der Waals surface area contributed by atoms with Crippen LogP contribution in [-0.2, 0) is 0 Å². The maximum Gasteiger partial charge on any atom is 0.258 e. The quantitative estimate of drug-likeness (QED) is 0.914. The Bertz CT molecular complexity index is 788. The number of anilines is 1. The van der Waals surface area contributed by atoms with E-state index in [1.807, 2.05) is 0 Å². The molecule has 0 unspecified atom stereocenters. The van der Waals surface area contributed by atoms with Gasteiger partial charge in [0.05, 0.1) is 5.56 Å². The Hall–Kier alpha value is -2.40. The van der Waals surface area contributed by atoms with Crippen LogP contribution in [-0.4, -0.2) is 29.8 Å². The number of nitrogens with one attached hydrogen (secondary N) is 1. The third-order valence-electron chi connectivity index (χ3n) is 3.93. The van der Waals surface area contributed by atoms with Crippen molar-refractivity contribution in [3.8, 4) is 0 Å². The topological polar surface area (TPSA) is 49.4 Å². The number of benzene rings is 2. The molecule has 1 aliphatic heterocycles. The number of hydrogen-bond donors (Lipinski definition) is 1. The van der Waals surface area contributed by atoms with Gasteiger partial charge in [-0.2, -0.15) is 0 Å². The van der Waals surface area contributed by atoms with Gasteiger partial charge in [-0.3, -0.25) is 9.59 Å². The second kappa shape index (κ2) is 7.01. The van der Waals surface area contributed by atoms with Gasteiger partial charge in [-0.05, 0) is 49.2 Å². The lowest BCUT2D eigenvalue weighted by atomic mass is 10.1. The van der Waals surface area contributed by atoms with Crippen LogP contribution in [0.2, 0.25) is 5.02 Å². The molecule has 1 saturated heterocycles. The largest absolute Gasteiger partial charge is 0.339 e. The molecule has 2 aromatic carbocycles. The number of likely N-dealkylation sites (tertiary alicyclic amines) is 1. The summed E-state index contributed by atoms with van der Waals surface area (Å²) in [5.74, 6) is -1.32. The molecule has 0 spiro atoms. The summed E-state index contributed by atoms with van der Waals surface area (Å²) in [5, 5.41) is 2.88. The lowest BCUT2D eigenvalue weighted by Gasteiger charge is -2.16. The van der Waals surface area contributed by atoms with E-state index in [2.05, 4.69) is 5.32 Å². The highest BCUT2D eigenvalue weighted by Gasteiger charge is 2.20. The van der Waals surface area contributed by atoms with Crippen LogP contribution in [0.25, 0.3) is 0 Å². The van der Waals surface area contributed by atoms with E-state index in [0.29, 0.717) is 11.3 Å². The van der Waals surface area contributed by atoms with Crippen LogP contribution >= 0.6 is 11.6 Å². The summed E-state index contributed by atoms with van der Waals surface area (Å²) < 4.78 is 13.8. The number of hydrogen-bond acceptors (Lipinski definition) is 2. The first-order chi connectivity index (χ1) is 11.5. The van der Waals surface area contributed by atoms with Crippen molar-refractivity contribution < 1.29 is 14.0 Å². The lowest BCUT2D eigenvalue weighted by molar-refractivity contribution is 0.0792. The molecule has 1 N–H and O–H groups in total. The molecular formula is C18H16ClFN2O2. The normalized spacial score (nSPS) is 13.8. The summed E-state index contributed by atoms with van der Waals surface area (Å²) in [5.41, 5.74) is 0.796. The van der Waals surface area contributed by atoms with E-state index in [1.165, 1.54) is 12.1 Å². The van der Waals surface area contributed by atoms with E-state index in [-0.39, 0.29) is 16.5 Å². The van der Waals surface area contributed by atoms with Gasteiger partial charge in [-0.1, -0.05) is 17.7 Å². The van der Waals surface area contributed by atoms with Gasteiger partial charge in [0.2, 0.25) is 0 Å². The SMILES string of the molecule is O=C(Nc1cccc(C(=O)N2CCCC2)c1)c1cc(Cl)ccc1F. The van der Waals surface area contributed by atoms with Gasteiger partial charge >= 0.3 is 0 Å². The van der Waals surface area contributed by atoms with Crippen LogP contribution in [0, 0.1) is 5.82 Å². The number of halogens is 2. The third-order valence-corrected chi connectivity index (χ3v) is 4.17. The first-order valence-electron chi connectivity index (χ1n) is 7.70. The lowest BCUT2D eigenvalue weighted by Crippen LogP contribution is -2.27. The number of carbonyl (C=O) groups excluding carboxylic acids is 2. The maximum absolute atomic E-state index is 13.8. The van der Waals surface area contributed by atoms with Crippen LogP contribution in [0.3, 0.4) is 0 Å². The van der Waals surface area contributed by atoms with Crippen molar-refractivity contribution in [1.29, 1.82) is 0 Å². The minimum Gasteiger partial charge on any atom is -0.339 e. The van der Waals surface area contributed by atoms with Gasteiger partial charge < -0.3 is 10.2 Å². The molecule has 6 heteroatoms. The molecule has 0 aromatic heterocycles. The van der Waals surface area contributed by atoms with Crippen molar-refractivity contribution >= 4 is 29.1 Å². The molecule has 0 aliphatic carbocycles. The van der Waals surface area contributed by atoms with Crippen molar-refractivity contribution in [3.63, 3.8) is 0 Å². The smallest absolute Gasteiger partial charge is 0.258 e. The number of nitrogens with zero attached hydrogens (tertiary/aromatic N) is 1. The van der Waals surface area contributed by atoms with Crippen molar-refractivity contribution in [2.24, 2.45) is 0 Å². The first kappa shape index (κ1) is 16.5. The maximum atomic E-state index is 13.8. The van der Waals surface area contributed by atoms with E-state index >= 15 is 0 Å². The molecule has 1 heterocycles. The monoisotopic (exact) mass is 346 g/mol. The van der Waals surface area contributed by atoms with E-state index in [9.17, 15) is 14.0 Å². The van der Waals surface area contributed by atoms with Gasteiger partial charge in [0, 0.05) is 29.4 Å². The average molecular weight is 347 g/mol. The highest BCUT2D eigenvalue weighted by molar-refractivity contribution is 6.31.